The van der Waals surface area contributed by atoms with Crippen LogP contribution in [0.4, 0.5) is 4.39 Å². The third kappa shape index (κ3) is 3.02. The first-order chi connectivity index (χ1) is 8.71. The van der Waals surface area contributed by atoms with Crippen LogP contribution in [0.1, 0.15) is 5.56 Å². The Hall–Kier alpha value is -1.99. The highest BCUT2D eigenvalue weighted by Gasteiger charge is 2.03. The standard InChI is InChI=1S/C14H9FNOS/c1-18-14-4-2-12(3-5-14)17-13-7-10(9-16)6-11(15)8-13/h2,4-8H,1H3. The second-order valence-corrected chi connectivity index (χ2v) is 4.36. The van der Waals surface area contributed by atoms with E-state index in [0.717, 1.165) is 11.0 Å². The Balaban J connectivity index is 2.22. The Morgan fingerprint density at radius 1 is 1.33 bits per heavy atom. The van der Waals surface area contributed by atoms with Gasteiger partial charge in [0.2, 0.25) is 0 Å². The van der Waals surface area contributed by atoms with E-state index in [1.807, 2.05) is 18.4 Å². The molecule has 18 heavy (non-hydrogen) atoms. The molecule has 0 saturated heterocycles. The average Bonchev–Trinajstić information content (AvgIpc) is 2.39. The maximum atomic E-state index is 13.2. The van der Waals surface area contributed by atoms with E-state index in [4.69, 9.17) is 10.00 Å². The number of benzene rings is 2. The summed E-state index contributed by atoms with van der Waals surface area (Å²) in [6.07, 6.45) is 1.97. The number of hydrogen-bond acceptors (Lipinski definition) is 3. The highest BCUT2D eigenvalue weighted by molar-refractivity contribution is 7.98. The zero-order valence-corrected chi connectivity index (χ0v) is 10.4. The fourth-order valence-corrected chi connectivity index (χ4v) is 1.78. The minimum atomic E-state index is -0.496. The molecule has 89 valence electrons. The molecule has 0 heterocycles. The van der Waals surface area contributed by atoms with Crippen molar-refractivity contribution < 1.29 is 9.13 Å². The van der Waals surface area contributed by atoms with Crippen molar-refractivity contribution in [1.29, 1.82) is 5.26 Å². The first-order valence-electron chi connectivity index (χ1n) is 5.15. The van der Waals surface area contributed by atoms with Crippen molar-refractivity contribution in [3.05, 3.63) is 53.8 Å². The number of nitrogens with zero attached hydrogens (tertiary/aromatic N) is 1. The summed E-state index contributed by atoms with van der Waals surface area (Å²) < 4.78 is 18.6. The van der Waals surface area contributed by atoms with Gasteiger partial charge in [-0.25, -0.2) is 4.39 Å². The normalized spacial score (nSPS) is 9.83. The van der Waals surface area contributed by atoms with Crippen molar-refractivity contribution in [2.45, 2.75) is 4.90 Å². The van der Waals surface area contributed by atoms with Gasteiger partial charge in [-0.1, -0.05) is 0 Å². The molecule has 0 amide bonds. The zero-order valence-electron chi connectivity index (χ0n) is 9.61. The van der Waals surface area contributed by atoms with Crippen molar-refractivity contribution in [2.24, 2.45) is 0 Å². The fraction of sp³-hybridized carbons (Fsp3) is 0.0714. The number of nitriles is 1. The van der Waals surface area contributed by atoms with Crippen LogP contribution in [0.15, 0.2) is 41.3 Å². The molecule has 0 N–H and O–H groups in total. The molecule has 0 bridgehead atoms. The molecule has 0 spiro atoms. The van der Waals surface area contributed by atoms with Gasteiger partial charge in [0.1, 0.15) is 17.3 Å². The molecule has 2 nitrogen and oxygen atoms in total. The predicted octanol–water partition coefficient (Wildman–Crippen LogP) is 4.01. The predicted molar refractivity (Wildman–Crippen MR) is 68.2 cm³/mol. The summed E-state index contributed by atoms with van der Waals surface area (Å²) in [6.45, 7) is 0. The van der Waals surface area contributed by atoms with E-state index in [0.29, 0.717) is 11.5 Å². The summed E-state index contributed by atoms with van der Waals surface area (Å²) in [5.41, 5.74) is 0.228. The molecule has 0 aliphatic heterocycles. The Kier molecular flexibility index (Phi) is 3.85. The molecule has 0 aromatic heterocycles. The van der Waals surface area contributed by atoms with Crippen LogP contribution in [0.25, 0.3) is 0 Å². The molecule has 2 rings (SSSR count). The van der Waals surface area contributed by atoms with E-state index >= 15 is 0 Å². The van der Waals surface area contributed by atoms with Crippen molar-refractivity contribution in [2.75, 3.05) is 6.26 Å². The van der Waals surface area contributed by atoms with Gasteiger partial charge in [-0.05, 0) is 36.6 Å². The lowest BCUT2D eigenvalue weighted by molar-refractivity contribution is 0.475. The van der Waals surface area contributed by atoms with Crippen molar-refractivity contribution >= 4 is 11.8 Å². The van der Waals surface area contributed by atoms with Crippen LogP contribution < -0.4 is 4.74 Å². The quantitative estimate of drug-likeness (QED) is 0.780. The summed E-state index contributed by atoms with van der Waals surface area (Å²) in [4.78, 5) is 1.07. The molecule has 2 aromatic rings. The molecule has 0 atom stereocenters. The molecule has 4 heteroatoms. The van der Waals surface area contributed by atoms with Gasteiger partial charge in [0, 0.05) is 17.0 Å². The zero-order chi connectivity index (χ0) is 13.0. The van der Waals surface area contributed by atoms with Gasteiger partial charge >= 0.3 is 0 Å². The molecule has 0 fully saturated rings. The molecule has 2 aromatic carbocycles. The van der Waals surface area contributed by atoms with E-state index in [1.54, 1.807) is 23.9 Å². The Bertz CT molecular complexity index is 590. The first-order valence-corrected chi connectivity index (χ1v) is 6.38. The van der Waals surface area contributed by atoms with E-state index in [-0.39, 0.29) is 5.56 Å². The Morgan fingerprint density at radius 3 is 2.78 bits per heavy atom. The van der Waals surface area contributed by atoms with Crippen molar-refractivity contribution in [3.8, 4) is 17.6 Å². The third-order valence-corrected chi connectivity index (χ3v) is 2.94. The van der Waals surface area contributed by atoms with Gasteiger partial charge < -0.3 is 4.74 Å². The van der Waals surface area contributed by atoms with E-state index in [1.165, 1.54) is 12.1 Å². The van der Waals surface area contributed by atoms with Crippen LogP contribution >= 0.6 is 11.8 Å². The Labute approximate surface area is 109 Å². The van der Waals surface area contributed by atoms with Crippen LogP contribution in [0.3, 0.4) is 0 Å². The molecule has 0 saturated carbocycles. The largest absolute Gasteiger partial charge is 0.457 e. The first kappa shape index (κ1) is 12.5. The Morgan fingerprint density at radius 2 is 2.17 bits per heavy atom. The number of halogens is 1. The van der Waals surface area contributed by atoms with Crippen molar-refractivity contribution in [1.82, 2.24) is 0 Å². The fourth-order valence-electron chi connectivity index (χ4n) is 1.40. The van der Waals surface area contributed by atoms with Crippen LogP contribution in [0, 0.1) is 23.2 Å². The molecular weight excluding hydrogens is 249 g/mol. The monoisotopic (exact) mass is 258 g/mol. The minimum absolute atomic E-state index is 0.228. The van der Waals surface area contributed by atoms with Gasteiger partial charge in [-0.3, -0.25) is 0 Å². The number of hydrogen-bond donors (Lipinski definition) is 0. The molecule has 1 radical (unpaired) electrons. The number of ether oxygens (including phenoxy) is 1. The summed E-state index contributed by atoms with van der Waals surface area (Å²) >= 11 is 1.60. The van der Waals surface area contributed by atoms with Crippen LogP contribution in [-0.2, 0) is 0 Å². The molecule has 0 unspecified atom stereocenters. The molecular formula is C14H9FNOS. The number of rotatable bonds is 3. The summed E-state index contributed by atoms with van der Waals surface area (Å²) in [6, 6.07) is 14.1. The summed E-state index contributed by atoms with van der Waals surface area (Å²) in [5, 5.41) is 8.74. The maximum absolute atomic E-state index is 13.2. The second kappa shape index (κ2) is 5.56. The summed E-state index contributed by atoms with van der Waals surface area (Å²) in [5.74, 6) is 0.284. The van der Waals surface area contributed by atoms with Crippen LogP contribution in [0.2, 0.25) is 0 Å². The maximum Gasteiger partial charge on any atom is 0.135 e. The van der Waals surface area contributed by atoms with E-state index < -0.39 is 5.82 Å². The second-order valence-electron chi connectivity index (χ2n) is 3.48. The summed E-state index contributed by atoms with van der Waals surface area (Å²) in [7, 11) is 0. The van der Waals surface area contributed by atoms with E-state index in [2.05, 4.69) is 6.07 Å². The topological polar surface area (TPSA) is 33.0 Å². The van der Waals surface area contributed by atoms with E-state index in [9.17, 15) is 4.39 Å². The lowest BCUT2D eigenvalue weighted by Crippen LogP contribution is -1.87. The smallest absolute Gasteiger partial charge is 0.135 e. The lowest BCUT2D eigenvalue weighted by atomic mass is 10.2. The average molecular weight is 258 g/mol. The highest BCUT2D eigenvalue weighted by atomic mass is 32.2. The van der Waals surface area contributed by atoms with Crippen LogP contribution in [0.5, 0.6) is 11.5 Å². The SMILES string of the molecule is CSc1c[c]c(Oc2cc(F)cc(C#N)c2)cc1. The van der Waals surface area contributed by atoms with Gasteiger partial charge in [-0.2, -0.15) is 5.26 Å². The lowest BCUT2D eigenvalue weighted by Gasteiger charge is -2.06. The van der Waals surface area contributed by atoms with Gasteiger partial charge in [0.15, 0.2) is 0 Å². The van der Waals surface area contributed by atoms with Crippen LogP contribution in [-0.4, -0.2) is 6.26 Å². The minimum Gasteiger partial charge on any atom is -0.457 e. The van der Waals surface area contributed by atoms with Gasteiger partial charge in [0.05, 0.1) is 11.6 Å². The van der Waals surface area contributed by atoms with Crippen molar-refractivity contribution in [3.63, 3.8) is 0 Å². The van der Waals surface area contributed by atoms with Gasteiger partial charge in [-0.15, -0.1) is 11.8 Å². The third-order valence-electron chi connectivity index (χ3n) is 2.22. The molecule has 0 aliphatic rings. The number of thioether (sulfide) groups is 1. The highest BCUT2D eigenvalue weighted by Crippen LogP contribution is 2.25. The van der Waals surface area contributed by atoms with Gasteiger partial charge in [0.25, 0.3) is 0 Å². The molecule has 0 aliphatic carbocycles.